The fraction of sp³-hybridized carbons (Fsp3) is 0.364. The Balaban J connectivity index is 0.00000180. The number of carbonyl (C=O) groups excluding carboxylic acids is 1. The Labute approximate surface area is 121 Å². The van der Waals surface area contributed by atoms with Crippen LogP contribution in [0, 0.1) is 0 Å². The van der Waals surface area contributed by atoms with Crippen molar-refractivity contribution in [2.24, 2.45) is 5.73 Å². The molecule has 0 saturated heterocycles. The van der Waals surface area contributed by atoms with Crippen molar-refractivity contribution in [2.75, 3.05) is 5.32 Å². The lowest BCUT2D eigenvalue weighted by atomic mass is 10.4. The SMILES string of the molecule is CC(C)n1nccc1NC(=O)c1csc(CN)n1.Cl. The van der Waals surface area contributed by atoms with Crippen molar-refractivity contribution in [3.63, 3.8) is 0 Å². The first-order chi connectivity index (χ1) is 8.61. The summed E-state index contributed by atoms with van der Waals surface area (Å²) in [6, 6.07) is 1.94. The molecule has 19 heavy (non-hydrogen) atoms. The van der Waals surface area contributed by atoms with E-state index >= 15 is 0 Å². The van der Waals surface area contributed by atoms with Crippen molar-refractivity contribution in [1.82, 2.24) is 14.8 Å². The number of anilines is 1. The van der Waals surface area contributed by atoms with Gasteiger partial charge in [-0.3, -0.25) is 4.79 Å². The van der Waals surface area contributed by atoms with Crippen LogP contribution in [0.25, 0.3) is 0 Å². The topological polar surface area (TPSA) is 85.8 Å². The normalized spacial score (nSPS) is 10.3. The van der Waals surface area contributed by atoms with Gasteiger partial charge in [0.1, 0.15) is 16.5 Å². The highest BCUT2D eigenvalue weighted by Crippen LogP contribution is 2.15. The summed E-state index contributed by atoms with van der Waals surface area (Å²) < 4.78 is 1.74. The summed E-state index contributed by atoms with van der Waals surface area (Å²) in [4.78, 5) is 16.1. The summed E-state index contributed by atoms with van der Waals surface area (Å²) in [7, 11) is 0. The predicted octanol–water partition coefficient (Wildman–Crippen LogP) is 2.05. The van der Waals surface area contributed by atoms with E-state index in [-0.39, 0.29) is 24.4 Å². The minimum atomic E-state index is -0.242. The van der Waals surface area contributed by atoms with Gasteiger partial charge < -0.3 is 11.1 Å². The van der Waals surface area contributed by atoms with E-state index < -0.39 is 0 Å². The van der Waals surface area contributed by atoms with E-state index in [0.29, 0.717) is 18.1 Å². The zero-order valence-electron chi connectivity index (χ0n) is 10.7. The maximum absolute atomic E-state index is 12.0. The lowest BCUT2D eigenvalue weighted by molar-refractivity contribution is 0.102. The standard InChI is InChI=1S/C11H15N5OS.ClH/c1-7(2)16-9(3-4-13-16)15-11(17)8-6-18-10(5-12)14-8;/h3-4,6-7H,5,12H2,1-2H3,(H,15,17);1H. The Morgan fingerprint density at radius 1 is 1.58 bits per heavy atom. The number of nitrogens with one attached hydrogen (secondary N) is 1. The summed E-state index contributed by atoms with van der Waals surface area (Å²) >= 11 is 1.38. The molecule has 0 bridgehead atoms. The zero-order valence-corrected chi connectivity index (χ0v) is 12.3. The number of nitrogens with two attached hydrogens (primary N) is 1. The Morgan fingerprint density at radius 3 is 2.89 bits per heavy atom. The maximum atomic E-state index is 12.0. The largest absolute Gasteiger partial charge is 0.325 e. The molecule has 1 amide bonds. The van der Waals surface area contributed by atoms with Gasteiger partial charge in [0.15, 0.2) is 0 Å². The fourth-order valence-electron chi connectivity index (χ4n) is 1.51. The molecule has 2 heterocycles. The molecular weight excluding hydrogens is 286 g/mol. The molecule has 2 aromatic heterocycles. The average molecular weight is 302 g/mol. The molecule has 2 aromatic rings. The second-order valence-electron chi connectivity index (χ2n) is 4.04. The number of nitrogens with zero attached hydrogens (tertiary/aromatic N) is 3. The Morgan fingerprint density at radius 2 is 2.32 bits per heavy atom. The van der Waals surface area contributed by atoms with Gasteiger partial charge in [-0.15, -0.1) is 23.7 Å². The highest BCUT2D eigenvalue weighted by molar-refractivity contribution is 7.09. The van der Waals surface area contributed by atoms with Gasteiger partial charge in [0, 0.05) is 24.0 Å². The molecule has 0 aliphatic carbocycles. The van der Waals surface area contributed by atoms with E-state index in [1.54, 1.807) is 22.3 Å². The van der Waals surface area contributed by atoms with Gasteiger partial charge in [0.2, 0.25) is 0 Å². The Kier molecular flexibility index (Phi) is 5.46. The Bertz CT molecular complexity index is 551. The zero-order chi connectivity index (χ0) is 13.1. The monoisotopic (exact) mass is 301 g/mol. The van der Waals surface area contributed by atoms with Crippen molar-refractivity contribution in [2.45, 2.75) is 26.4 Å². The first-order valence-electron chi connectivity index (χ1n) is 5.61. The van der Waals surface area contributed by atoms with Gasteiger partial charge in [-0.05, 0) is 13.8 Å². The molecule has 8 heteroatoms. The molecule has 104 valence electrons. The second-order valence-corrected chi connectivity index (χ2v) is 4.98. The number of carbonyl (C=O) groups is 1. The molecular formula is C11H16ClN5OS. The van der Waals surface area contributed by atoms with Crippen LogP contribution in [0.3, 0.4) is 0 Å². The van der Waals surface area contributed by atoms with Gasteiger partial charge in [0.25, 0.3) is 5.91 Å². The Hall–Kier alpha value is -1.44. The molecule has 0 aliphatic heterocycles. The number of halogens is 1. The summed E-state index contributed by atoms with van der Waals surface area (Å²) in [6.45, 7) is 4.35. The van der Waals surface area contributed by atoms with Crippen LogP contribution in [0.4, 0.5) is 5.82 Å². The molecule has 0 aliphatic rings. The number of thiazole rings is 1. The van der Waals surface area contributed by atoms with Crippen molar-refractivity contribution < 1.29 is 4.79 Å². The number of hydrogen-bond donors (Lipinski definition) is 2. The predicted molar refractivity (Wildman–Crippen MR) is 77.8 cm³/mol. The summed E-state index contributed by atoms with van der Waals surface area (Å²) in [6.07, 6.45) is 1.65. The van der Waals surface area contributed by atoms with Crippen LogP contribution in [-0.2, 0) is 6.54 Å². The molecule has 2 rings (SSSR count). The minimum absolute atomic E-state index is 0. The van der Waals surface area contributed by atoms with Crippen LogP contribution in [0.5, 0.6) is 0 Å². The van der Waals surface area contributed by atoms with Gasteiger partial charge >= 0.3 is 0 Å². The number of aromatic nitrogens is 3. The molecule has 0 saturated carbocycles. The molecule has 0 fully saturated rings. The molecule has 0 radical (unpaired) electrons. The average Bonchev–Trinajstić information content (AvgIpc) is 2.96. The fourth-order valence-corrected chi connectivity index (χ4v) is 2.17. The van der Waals surface area contributed by atoms with Crippen LogP contribution in [0.1, 0.15) is 35.4 Å². The molecule has 0 unspecified atom stereocenters. The first kappa shape index (κ1) is 15.6. The van der Waals surface area contributed by atoms with Crippen molar-refractivity contribution >= 4 is 35.5 Å². The van der Waals surface area contributed by atoms with E-state index in [0.717, 1.165) is 5.01 Å². The van der Waals surface area contributed by atoms with E-state index in [1.807, 2.05) is 13.8 Å². The van der Waals surface area contributed by atoms with Crippen molar-refractivity contribution in [1.29, 1.82) is 0 Å². The third kappa shape index (κ3) is 3.52. The third-order valence-electron chi connectivity index (χ3n) is 2.36. The van der Waals surface area contributed by atoms with Crippen molar-refractivity contribution in [3.05, 3.63) is 28.3 Å². The molecule has 3 N–H and O–H groups in total. The highest BCUT2D eigenvalue weighted by Gasteiger charge is 2.13. The van der Waals surface area contributed by atoms with Crippen LogP contribution in [0.15, 0.2) is 17.6 Å². The molecule has 6 nitrogen and oxygen atoms in total. The number of hydrogen-bond acceptors (Lipinski definition) is 5. The lowest BCUT2D eigenvalue weighted by Crippen LogP contribution is -2.17. The summed E-state index contributed by atoms with van der Waals surface area (Å²) in [5, 5.41) is 9.39. The van der Waals surface area contributed by atoms with E-state index in [1.165, 1.54) is 11.3 Å². The highest BCUT2D eigenvalue weighted by atomic mass is 35.5. The number of rotatable bonds is 4. The lowest BCUT2D eigenvalue weighted by Gasteiger charge is -2.10. The van der Waals surface area contributed by atoms with E-state index in [9.17, 15) is 4.79 Å². The van der Waals surface area contributed by atoms with Crippen LogP contribution in [-0.4, -0.2) is 20.7 Å². The van der Waals surface area contributed by atoms with E-state index in [4.69, 9.17) is 5.73 Å². The molecule has 0 atom stereocenters. The maximum Gasteiger partial charge on any atom is 0.276 e. The van der Waals surface area contributed by atoms with Gasteiger partial charge in [-0.2, -0.15) is 5.10 Å². The van der Waals surface area contributed by atoms with Gasteiger partial charge in [0.05, 0.1) is 6.20 Å². The van der Waals surface area contributed by atoms with Crippen LogP contribution < -0.4 is 11.1 Å². The van der Waals surface area contributed by atoms with Crippen molar-refractivity contribution in [3.8, 4) is 0 Å². The summed E-state index contributed by atoms with van der Waals surface area (Å²) in [5.41, 5.74) is 5.85. The second kappa shape index (κ2) is 6.65. The molecule has 0 aromatic carbocycles. The number of amides is 1. The first-order valence-corrected chi connectivity index (χ1v) is 6.49. The van der Waals surface area contributed by atoms with Gasteiger partial charge in [-0.25, -0.2) is 9.67 Å². The smallest absolute Gasteiger partial charge is 0.276 e. The quantitative estimate of drug-likeness (QED) is 0.905. The van der Waals surface area contributed by atoms with Crippen LogP contribution >= 0.6 is 23.7 Å². The third-order valence-corrected chi connectivity index (χ3v) is 3.23. The van der Waals surface area contributed by atoms with Gasteiger partial charge in [-0.1, -0.05) is 0 Å². The van der Waals surface area contributed by atoms with E-state index in [2.05, 4.69) is 15.4 Å². The minimum Gasteiger partial charge on any atom is -0.325 e. The van der Waals surface area contributed by atoms with Crippen LogP contribution in [0.2, 0.25) is 0 Å². The molecule has 0 spiro atoms. The summed E-state index contributed by atoms with van der Waals surface area (Å²) in [5.74, 6) is 0.422.